The van der Waals surface area contributed by atoms with Crippen LogP contribution >= 0.6 is 0 Å². The highest BCUT2D eigenvalue weighted by Gasteiger charge is 2.11. The molecular weight excluding hydrogens is 136 g/mol. The zero-order valence-electron chi connectivity index (χ0n) is 7.77. The first-order valence-electron chi connectivity index (χ1n) is 4.68. The van der Waals surface area contributed by atoms with E-state index in [0.717, 1.165) is 6.04 Å². The minimum absolute atomic E-state index is 0.808. The summed E-state index contributed by atoms with van der Waals surface area (Å²) in [6.45, 7) is 2.42. The number of rotatable bonds is 1. The Hall–Kier alpha value is -0.0800. The third-order valence-electron chi connectivity index (χ3n) is 2.53. The van der Waals surface area contributed by atoms with E-state index in [4.69, 9.17) is 0 Å². The van der Waals surface area contributed by atoms with Crippen molar-refractivity contribution in [2.45, 2.75) is 31.7 Å². The summed E-state index contributed by atoms with van der Waals surface area (Å²) in [5.41, 5.74) is 0. The third kappa shape index (κ3) is 3.21. The standard InChI is InChI=1S/C9H20N2/c1-11(2)9-5-3-4-7-10-8-6-9/h9-10H,3-8H2,1-2H3. The van der Waals surface area contributed by atoms with Crippen molar-refractivity contribution < 1.29 is 0 Å². The lowest BCUT2D eigenvalue weighted by atomic mass is 10.0. The van der Waals surface area contributed by atoms with Gasteiger partial charge in [0.1, 0.15) is 0 Å². The Bertz CT molecular complexity index is 93.7. The molecule has 1 saturated heterocycles. The Labute approximate surface area is 70.0 Å². The molecule has 1 atom stereocenters. The first-order valence-corrected chi connectivity index (χ1v) is 4.68. The maximum Gasteiger partial charge on any atom is 0.0101 e. The van der Waals surface area contributed by atoms with Crippen LogP contribution in [0.1, 0.15) is 25.7 Å². The number of nitrogens with zero attached hydrogens (tertiary/aromatic N) is 1. The van der Waals surface area contributed by atoms with Crippen LogP contribution in [0.3, 0.4) is 0 Å². The molecule has 11 heavy (non-hydrogen) atoms. The van der Waals surface area contributed by atoms with E-state index in [1.54, 1.807) is 0 Å². The zero-order valence-corrected chi connectivity index (χ0v) is 7.77. The van der Waals surface area contributed by atoms with E-state index in [1.807, 2.05) is 0 Å². The van der Waals surface area contributed by atoms with Gasteiger partial charge >= 0.3 is 0 Å². The minimum atomic E-state index is 0.808. The highest BCUT2D eigenvalue weighted by molar-refractivity contribution is 4.70. The Morgan fingerprint density at radius 2 is 1.91 bits per heavy atom. The quantitative estimate of drug-likeness (QED) is 0.611. The predicted octanol–water partition coefficient (Wildman–Crippen LogP) is 1.08. The van der Waals surface area contributed by atoms with E-state index in [0.29, 0.717) is 0 Å². The molecule has 1 fully saturated rings. The van der Waals surface area contributed by atoms with E-state index in [1.165, 1.54) is 38.8 Å². The molecule has 1 rings (SSSR count). The van der Waals surface area contributed by atoms with E-state index in [2.05, 4.69) is 24.3 Å². The fourth-order valence-electron chi connectivity index (χ4n) is 1.68. The number of hydrogen-bond donors (Lipinski definition) is 1. The van der Waals surface area contributed by atoms with Gasteiger partial charge in [0.15, 0.2) is 0 Å². The molecule has 0 aliphatic carbocycles. The maximum atomic E-state index is 3.45. The van der Waals surface area contributed by atoms with E-state index in [9.17, 15) is 0 Å². The van der Waals surface area contributed by atoms with Crippen molar-refractivity contribution in [3.8, 4) is 0 Å². The van der Waals surface area contributed by atoms with Crippen molar-refractivity contribution in [3.63, 3.8) is 0 Å². The van der Waals surface area contributed by atoms with Crippen LogP contribution in [0, 0.1) is 0 Å². The summed E-state index contributed by atoms with van der Waals surface area (Å²) >= 11 is 0. The van der Waals surface area contributed by atoms with E-state index < -0.39 is 0 Å². The van der Waals surface area contributed by atoms with Gasteiger partial charge in [0.25, 0.3) is 0 Å². The fraction of sp³-hybridized carbons (Fsp3) is 1.00. The lowest BCUT2D eigenvalue weighted by molar-refractivity contribution is 0.247. The van der Waals surface area contributed by atoms with Crippen LogP contribution in [0.5, 0.6) is 0 Å². The Kier molecular flexibility index (Phi) is 3.87. The summed E-state index contributed by atoms with van der Waals surface area (Å²) in [5.74, 6) is 0. The molecule has 1 aliphatic rings. The second-order valence-corrected chi connectivity index (χ2v) is 3.65. The molecule has 1 aliphatic heterocycles. The summed E-state index contributed by atoms with van der Waals surface area (Å²) in [4.78, 5) is 2.35. The largest absolute Gasteiger partial charge is 0.317 e. The second-order valence-electron chi connectivity index (χ2n) is 3.65. The van der Waals surface area contributed by atoms with E-state index in [-0.39, 0.29) is 0 Å². The molecule has 0 radical (unpaired) electrons. The van der Waals surface area contributed by atoms with Crippen molar-refractivity contribution in [1.29, 1.82) is 0 Å². The van der Waals surface area contributed by atoms with Gasteiger partial charge in [-0.05, 0) is 46.4 Å². The molecular formula is C9H20N2. The smallest absolute Gasteiger partial charge is 0.0101 e. The van der Waals surface area contributed by atoms with Gasteiger partial charge in [-0.1, -0.05) is 6.42 Å². The topological polar surface area (TPSA) is 15.3 Å². The molecule has 0 spiro atoms. The molecule has 0 aromatic carbocycles. The van der Waals surface area contributed by atoms with Crippen LogP contribution in [-0.2, 0) is 0 Å². The number of nitrogens with one attached hydrogen (secondary N) is 1. The van der Waals surface area contributed by atoms with Crippen LogP contribution < -0.4 is 5.32 Å². The lowest BCUT2D eigenvalue weighted by Crippen LogP contribution is -2.33. The Morgan fingerprint density at radius 1 is 1.09 bits per heavy atom. The monoisotopic (exact) mass is 156 g/mol. The maximum absolute atomic E-state index is 3.45. The summed E-state index contributed by atoms with van der Waals surface area (Å²) in [6.07, 6.45) is 5.43. The lowest BCUT2D eigenvalue weighted by Gasteiger charge is -2.26. The first-order chi connectivity index (χ1) is 5.30. The SMILES string of the molecule is CN(C)C1CCCCNCC1. The van der Waals surface area contributed by atoms with Gasteiger partial charge in [-0.25, -0.2) is 0 Å². The molecule has 2 heteroatoms. The van der Waals surface area contributed by atoms with Crippen molar-refractivity contribution in [2.75, 3.05) is 27.2 Å². The average molecular weight is 156 g/mol. The Balaban J connectivity index is 2.26. The van der Waals surface area contributed by atoms with Crippen molar-refractivity contribution in [2.24, 2.45) is 0 Å². The van der Waals surface area contributed by atoms with Crippen LogP contribution in [0.2, 0.25) is 0 Å². The van der Waals surface area contributed by atoms with Gasteiger partial charge in [-0.3, -0.25) is 0 Å². The van der Waals surface area contributed by atoms with Gasteiger partial charge in [0, 0.05) is 6.04 Å². The summed E-state index contributed by atoms with van der Waals surface area (Å²) in [7, 11) is 4.37. The summed E-state index contributed by atoms with van der Waals surface area (Å²) < 4.78 is 0. The van der Waals surface area contributed by atoms with Gasteiger partial charge in [0.05, 0.1) is 0 Å². The minimum Gasteiger partial charge on any atom is -0.317 e. The van der Waals surface area contributed by atoms with Crippen LogP contribution in [0.15, 0.2) is 0 Å². The van der Waals surface area contributed by atoms with Crippen molar-refractivity contribution in [3.05, 3.63) is 0 Å². The predicted molar refractivity (Wildman–Crippen MR) is 48.8 cm³/mol. The molecule has 2 nitrogen and oxygen atoms in total. The molecule has 1 unspecified atom stereocenters. The van der Waals surface area contributed by atoms with Gasteiger partial charge in [-0.2, -0.15) is 0 Å². The van der Waals surface area contributed by atoms with Gasteiger partial charge < -0.3 is 10.2 Å². The molecule has 1 heterocycles. The van der Waals surface area contributed by atoms with Crippen LogP contribution in [0.4, 0.5) is 0 Å². The normalized spacial score (nSPS) is 28.1. The van der Waals surface area contributed by atoms with Crippen LogP contribution in [0.25, 0.3) is 0 Å². The summed E-state index contributed by atoms with van der Waals surface area (Å²) in [6, 6.07) is 0.808. The highest BCUT2D eigenvalue weighted by Crippen LogP contribution is 2.10. The van der Waals surface area contributed by atoms with E-state index >= 15 is 0 Å². The second kappa shape index (κ2) is 4.73. The van der Waals surface area contributed by atoms with Crippen molar-refractivity contribution in [1.82, 2.24) is 10.2 Å². The molecule has 0 bridgehead atoms. The highest BCUT2D eigenvalue weighted by atomic mass is 15.1. The molecule has 0 amide bonds. The van der Waals surface area contributed by atoms with Crippen LogP contribution in [-0.4, -0.2) is 38.1 Å². The Morgan fingerprint density at radius 3 is 2.64 bits per heavy atom. The fourth-order valence-corrected chi connectivity index (χ4v) is 1.68. The zero-order chi connectivity index (χ0) is 8.10. The first kappa shape index (κ1) is 9.01. The summed E-state index contributed by atoms with van der Waals surface area (Å²) in [5, 5.41) is 3.45. The molecule has 0 saturated carbocycles. The molecule has 1 N–H and O–H groups in total. The number of hydrogen-bond acceptors (Lipinski definition) is 2. The third-order valence-corrected chi connectivity index (χ3v) is 2.53. The molecule has 66 valence electrons. The van der Waals surface area contributed by atoms with Crippen molar-refractivity contribution >= 4 is 0 Å². The molecule has 0 aromatic heterocycles. The average Bonchev–Trinajstić information content (AvgIpc) is 1.84. The molecule has 0 aromatic rings. The van der Waals surface area contributed by atoms with Gasteiger partial charge in [0.2, 0.25) is 0 Å². The van der Waals surface area contributed by atoms with Gasteiger partial charge in [-0.15, -0.1) is 0 Å².